The van der Waals surface area contributed by atoms with Gasteiger partial charge < -0.3 is 14.3 Å². The second-order valence-electron chi connectivity index (χ2n) is 6.86. The Balaban J connectivity index is 1.85. The molecule has 0 fully saturated rings. The molecule has 162 valence electrons. The molecular weight excluding hydrogens is 437 g/mol. The van der Waals surface area contributed by atoms with Crippen LogP contribution in [-0.4, -0.2) is 25.0 Å². The van der Waals surface area contributed by atoms with Crippen molar-refractivity contribution >= 4 is 14.9 Å². The van der Waals surface area contributed by atoms with Gasteiger partial charge in [0.25, 0.3) is 0 Å². The topological polar surface area (TPSA) is 74.2 Å². The number of nitrogens with zero attached hydrogens (tertiary/aromatic N) is 1. The number of oxime groups is 1. The summed E-state index contributed by atoms with van der Waals surface area (Å²) >= 11 is 0. The zero-order valence-corrected chi connectivity index (χ0v) is 16.3. The SMILES string of the molecule is CC1(C)CC(S(=O)(=O)COc2c(F)c(F)c(Oc3ccc(F)cc3)c(F)c2F)=NO1. The normalized spacial score (nSPS) is 15.5. The van der Waals surface area contributed by atoms with E-state index in [-0.39, 0.29) is 12.2 Å². The molecule has 0 unspecified atom stereocenters. The Bertz CT molecular complexity index is 1090. The summed E-state index contributed by atoms with van der Waals surface area (Å²) in [4.78, 5) is 4.90. The summed E-state index contributed by atoms with van der Waals surface area (Å²) in [6.45, 7) is 3.12. The zero-order valence-electron chi connectivity index (χ0n) is 15.5. The van der Waals surface area contributed by atoms with Crippen LogP contribution in [-0.2, 0) is 14.7 Å². The lowest BCUT2D eigenvalue weighted by Gasteiger charge is -2.14. The van der Waals surface area contributed by atoms with Crippen molar-refractivity contribution in [3.8, 4) is 17.2 Å². The van der Waals surface area contributed by atoms with Crippen LogP contribution in [0.4, 0.5) is 22.0 Å². The Kier molecular flexibility index (Phi) is 5.63. The fourth-order valence-electron chi connectivity index (χ4n) is 2.40. The predicted molar refractivity (Wildman–Crippen MR) is 94.4 cm³/mol. The first-order valence-electron chi connectivity index (χ1n) is 8.31. The molecule has 1 heterocycles. The number of sulfone groups is 1. The second-order valence-corrected chi connectivity index (χ2v) is 8.80. The molecule has 0 aliphatic carbocycles. The van der Waals surface area contributed by atoms with Gasteiger partial charge in [0.2, 0.25) is 38.9 Å². The molecule has 0 amide bonds. The van der Waals surface area contributed by atoms with Crippen LogP contribution in [0.1, 0.15) is 20.3 Å². The van der Waals surface area contributed by atoms with Gasteiger partial charge >= 0.3 is 0 Å². The first kappa shape index (κ1) is 21.8. The molecule has 6 nitrogen and oxygen atoms in total. The van der Waals surface area contributed by atoms with E-state index in [0.717, 1.165) is 24.3 Å². The molecule has 0 bridgehead atoms. The third kappa shape index (κ3) is 4.32. The minimum Gasteiger partial charge on any atom is -0.471 e. The molecule has 12 heteroatoms. The second kappa shape index (κ2) is 7.74. The Morgan fingerprint density at radius 3 is 2.00 bits per heavy atom. The summed E-state index contributed by atoms with van der Waals surface area (Å²) in [5.41, 5.74) is -0.906. The maximum absolute atomic E-state index is 14.2. The predicted octanol–water partition coefficient (Wildman–Crippen LogP) is 4.44. The van der Waals surface area contributed by atoms with Crippen molar-refractivity contribution in [1.29, 1.82) is 0 Å². The highest BCUT2D eigenvalue weighted by Crippen LogP contribution is 2.37. The zero-order chi connectivity index (χ0) is 22.3. The van der Waals surface area contributed by atoms with Crippen LogP contribution in [0.25, 0.3) is 0 Å². The molecule has 0 atom stereocenters. The van der Waals surface area contributed by atoms with E-state index in [4.69, 9.17) is 9.57 Å². The van der Waals surface area contributed by atoms with Gasteiger partial charge in [-0.1, -0.05) is 5.16 Å². The van der Waals surface area contributed by atoms with Crippen LogP contribution in [0, 0.1) is 29.1 Å². The van der Waals surface area contributed by atoms with Crippen molar-refractivity contribution in [2.24, 2.45) is 5.16 Å². The van der Waals surface area contributed by atoms with Gasteiger partial charge in [0.05, 0.1) is 0 Å². The molecule has 0 spiro atoms. The van der Waals surface area contributed by atoms with Gasteiger partial charge in [0.1, 0.15) is 17.2 Å². The van der Waals surface area contributed by atoms with E-state index in [1.165, 1.54) is 0 Å². The van der Waals surface area contributed by atoms with Crippen molar-refractivity contribution < 1.29 is 44.7 Å². The third-order valence-corrected chi connectivity index (χ3v) is 5.27. The quantitative estimate of drug-likeness (QED) is 0.497. The fourth-order valence-corrected chi connectivity index (χ4v) is 3.53. The fraction of sp³-hybridized carbons (Fsp3) is 0.278. The molecule has 30 heavy (non-hydrogen) atoms. The van der Waals surface area contributed by atoms with Gasteiger partial charge in [-0.15, -0.1) is 0 Å². The molecule has 3 rings (SSSR count). The largest absolute Gasteiger partial charge is 0.471 e. The minimum atomic E-state index is -4.29. The Morgan fingerprint density at radius 1 is 0.967 bits per heavy atom. The maximum Gasteiger partial charge on any atom is 0.230 e. The lowest BCUT2D eigenvalue weighted by Crippen LogP contribution is -2.26. The summed E-state index contributed by atoms with van der Waals surface area (Å²) in [5.74, 6) is -13.3. The first-order valence-corrected chi connectivity index (χ1v) is 9.96. The van der Waals surface area contributed by atoms with E-state index in [2.05, 4.69) is 9.89 Å². The smallest absolute Gasteiger partial charge is 0.230 e. The van der Waals surface area contributed by atoms with E-state index in [9.17, 15) is 30.4 Å². The van der Waals surface area contributed by atoms with E-state index in [1.807, 2.05) is 0 Å². The van der Waals surface area contributed by atoms with E-state index in [1.54, 1.807) is 13.8 Å². The molecule has 0 radical (unpaired) electrons. The van der Waals surface area contributed by atoms with Crippen molar-refractivity contribution in [3.05, 3.63) is 53.4 Å². The van der Waals surface area contributed by atoms with Crippen LogP contribution < -0.4 is 9.47 Å². The summed E-state index contributed by atoms with van der Waals surface area (Å²) in [7, 11) is -4.29. The summed E-state index contributed by atoms with van der Waals surface area (Å²) in [6.07, 6.45) is -0.128. The van der Waals surface area contributed by atoms with Crippen LogP contribution in [0.15, 0.2) is 29.4 Å². The van der Waals surface area contributed by atoms with Gasteiger partial charge in [-0.2, -0.15) is 17.6 Å². The molecule has 1 aliphatic heterocycles. The molecule has 0 N–H and O–H groups in total. The highest BCUT2D eigenvalue weighted by atomic mass is 32.2. The number of ether oxygens (including phenoxy) is 2. The first-order chi connectivity index (χ1) is 13.9. The van der Waals surface area contributed by atoms with E-state index in [0.29, 0.717) is 0 Å². The molecule has 0 saturated carbocycles. The van der Waals surface area contributed by atoms with Crippen LogP contribution in [0.2, 0.25) is 0 Å². The Labute approximate surface area is 167 Å². The lowest BCUT2D eigenvalue weighted by atomic mass is 10.1. The average molecular weight is 451 g/mol. The lowest BCUT2D eigenvalue weighted by molar-refractivity contribution is 0.0123. The van der Waals surface area contributed by atoms with Crippen LogP contribution in [0.5, 0.6) is 17.2 Å². The number of rotatable bonds is 5. The summed E-state index contributed by atoms with van der Waals surface area (Å²) in [6, 6.07) is 3.76. The summed E-state index contributed by atoms with van der Waals surface area (Å²) in [5, 5.41) is 2.95. The minimum absolute atomic E-state index is 0.128. The molecule has 0 aromatic heterocycles. The third-order valence-electron chi connectivity index (χ3n) is 3.91. The van der Waals surface area contributed by atoms with Gasteiger partial charge in [0, 0.05) is 6.42 Å². The number of benzene rings is 2. The standard InChI is InChI=1S/C18H14F5NO5S/c1-18(2)7-11(24-29-18)30(25,26)8-27-16-12(20)14(22)17(15(23)13(16)21)28-10-5-3-9(19)4-6-10/h3-6H,7-8H2,1-2H3. The average Bonchev–Trinajstić information content (AvgIpc) is 3.06. The number of hydrogen-bond acceptors (Lipinski definition) is 6. The van der Waals surface area contributed by atoms with Crippen LogP contribution in [0.3, 0.4) is 0 Å². The number of halogens is 5. The molecule has 2 aromatic carbocycles. The molecule has 0 saturated heterocycles. The summed E-state index contributed by atoms with van der Waals surface area (Å²) < 4.78 is 104. The van der Waals surface area contributed by atoms with E-state index < -0.39 is 67.0 Å². The van der Waals surface area contributed by atoms with Gasteiger partial charge in [-0.3, -0.25) is 0 Å². The maximum atomic E-state index is 14.2. The van der Waals surface area contributed by atoms with Gasteiger partial charge in [0.15, 0.2) is 16.7 Å². The van der Waals surface area contributed by atoms with Crippen molar-refractivity contribution in [2.45, 2.75) is 25.9 Å². The highest BCUT2D eigenvalue weighted by molar-refractivity contribution is 8.06. The van der Waals surface area contributed by atoms with Gasteiger partial charge in [-0.05, 0) is 38.1 Å². The van der Waals surface area contributed by atoms with E-state index >= 15 is 0 Å². The molecular formula is C18H14F5NO5S. The van der Waals surface area contributed by atoms with Crippen molar-refractivity contribution in [1.82, 2.24) is 0 Å². The van der Waals surface area contributed by atoms with Crippen LogP contribution >= 0.6 is 0 Å². The highest BCUT2D eigenvalue weighted by Gasteiger charge is 2.37. The van der Waals surface area contributed by atoms with Gasteiger partial charge in [-0.25, -0.2) is 12.8 Å². The molecule has 2 aromatic rings. The van der Waals surface area contributed by atoms with Crippen molar-refractivity contribution in [2.75, 3.05) is 5.94 Å². The van der Waals surface area contributed by atoms with Crippen molar-refractivity contribution in [3.63, 3.8) is 0 Å². The Morgan fingerprint density at radius 2 is 1.50 bits per heavy atom. The monoisotopic (exact) mass is 451 g/mol. The Hall–Kier alpha value is -2.89. The molecule has 1 aliphatic rings. The number of hydrogen-bond donors (Lipinski definition) is 0.